The lowest BCUT2D eigenvalue weighted by atomic mass is 9.46. The van der Waals surface area contributed by atoms with E-state index >= 15 is 0 Å². The van der Waals surface area contributed by atoms with Gasteiger partial charge in [-0.3, -0.25) is 4.79 Å². The van der Waals surface area contributed by atoms with Gasteiger partial charge in [0, 0.05) is 3.42 Å². The van der Waals surface area contributed by atoms with Crippen LogP contribution in [0.5, 0.6) is 0 Å². The van der Waals surface area contributed by atoms with Gasteiger partial charge in [0.2, 0.25) is 0 Å². The van der Waals surface area contributed by atoms with E-state index < -0.39 is 0 Å². The van der Waals surface area contributed by atoms with Gasteiger partial charge in [0.25, 0.3) is 0 Å². The van der Waals surface area contributed by atoms with Gasteiger partial charge in [-0.2, -0.15) is 0 Å². The van der Waals surface area contributed by atoms with Crippen LogP contribution in [0.2, 0.25) is 0 Å². The Hall–Kier alpha value is -0.0600. The number of alkyl halides is 1. The number of carbonyl (C=O) groups is 1. The minimum absolute atomic E-state index is 0.00974. The van der Waals surface area contributed by atoms with Crippen molar-refractivity contribution in [2.24, 2.45) is 22.7 Å². The lowest BCUT2D eigenvalue weighted by molar-refractivity contribution is -0.164. The predicted octanol–water partition coefficient (Wildman–Crippen LogP) is 5.30. The molecule has 3 aliphatic carbocycles. The van der Waals surface area contributed by atoms with Crippen molar-refractivity contribution in [1.82, 2.24) is 0 Å². The molecule has 2 nitrogen and oxygen atoms in total. The van der Waals surface area contributed by atoms with E-state index in [0.29, 0.717) is 15.3 Å². The summed E-state index contributed by atoms with van der Waals surface area (Å²) in [4.78, 5) is 12.5. The van der Waals surface area contributed by atoms with E-state index in [9.17, 15) is 4.79 Å². The van der Waals surface area contributed by atoms with E-state index in [0.717, 1.165) is 12.8 Å². The van der Waals surface area contributed by atoms with Crippen molar-refractivity contribution < 1.29 is 9.53 Å². The van der Waals surface area contributed by atoms with Crippen molar-refractivity contribution in [1.29, 1.82) is 0 Å². The number of esters is 1. The molecule has 5 atom stereocenters. The first kappa shape index (κ1) is 16.8. The molecule has 0 N–H and O–H groups in total. The van der Waals surface area contributed by atoms with Crippen molar-refractivity contribution in [3.05, 3.63) is 11.6 Å². The number of rotatable bonds is 1. The molecule has 3 heteroatoms. The maximum absolute atomic E-state index is 12.5. The molecule has 2 fully saturated rings. The highest BCUT2D eigenvalue weighted by molar-refractivity contribution is 14.1. The Bertz CT molecular complexity index is 510. The molecule has 0 aliphatic heterocycles. The van der Waals surface area contributed by atoms with Crippen LogP contribution in [-0.2, 0) is 9.53 Å². The Kier molecular flexibility index (Phi) is 4.19. The Morgan fingerprint density at radius 2 is 1.95 bits per heavy atom. The number of hydrogen-bond acceptors (Lipinski definition) is 2. The topological polar surface area (TPSA) is 26.3 Å². The summed E-state index contributed by atoms with van der Waals surface area (Å²) in [6.45, 7) is 7.03. The summed E-state index contributed by atoms with van der Waals surface area (Å²) in [6, 6.07) is 0. The van der Waals surface area contributed by atoms with Crippen molar-refractivity contribution in [2.45, 2.75) is 69.1 Å². The SMILES string of the molecule is COC(=O)[C@]1(C)CCC[C@@]2(C)C3=CCC[C@](C)(I)[C@@H]3CC[C@H]12. The minimum atomic E-state index is -0.299. The van der Waals surface area contributed by atoms with Gasteiger partial charge in [-0.05, 0) is 69.6 Å². The zero-order chi connectivity index (χ0) is 16.2. The normalized spacial score (nSPS) is 48.0. The quantitative estimate of drug-likeness (QED) is 0.251. The smallest absolute Gasteiger partial charge is 0.311 e. The first-order valence-corrected chi connectivity index (χ1v) is 9.81. The molecule has 3 aliphatic rings. The summed E-state index contributed by atoms with van der Waals surface area (Å²) in [6.07, 6.45) is 10.8. The van der Waals surface area contributed by atoms with Gasteiger partial charge in [0.05, 0.1) is 12.5 Å². The number of ether oxygens (including phenoxy) is 1. The summed E-state index contributed by atoms with van der Waals surface area (Å²) in [5.74, 6) is 1.15. The number of carbonyl (C=O) groups excluding carboxylic acids is 1. The molecule has 0 unspecified atom stereocenters. The third-order valence-electron chi connectivity index (χ3n) is 7.09. The zero-order valence-corrected chi connectivity index (χ0v) is 16.5. The second-order valence-electron chi connectivity index (χ2n) is 8.34. The Morgan fingerprint density at radius 3 is 2.64 bits per heavy atom. The first-order valence-electron chi connectivity index (χ1n) is 8.73. The summed E-state index contributed by atoms with van der Waals surface area (Å²) >= 11 is 2.69. The maximum Gasteiger partial charge on any atom is 0.311 e. The molecule has 2 saturated carbocycles. The molecule has 0 aromatic heterocycles. The van der Waals surface area contributed by atoms with Crippen molar-refractivity contribution >= 4 is 28.6 Å². The van der Waals surface area contributed by atoms with Gasteiger partial charge in [0.15, 0.2) is 0 Å². The molecular formula is C19H29IO2. The molecule has 3 rings (SSSR count). The van der Waals surface area contributed by atoms with Crippen LogP contribution >= 0.6 is 22.6 Å². The molecule has 0 bridgehead atoms. The van der Waals surface area contributed by atoms with Crippen molar-refractivity contribution in [2.75, 3.05) is 7.11 Å². The van der Waals surface area contributed by atoms with Crippen LogP contribution in [0.25, 0.3) is 0 Å². The van der Waals surface area contributed by atoms with Crippen LogP contribution in [0.1, 0.15) is 65.7 Å². The van der Waals surface area contributed by atoms with E-state index in [-0.39, 0.29) is 16.8 Å². The first-order chi connectivity index (χ1) is 10.3. The Labute approximate surface area is 148 Å². The standard InChI is InChI=1S/C19H29IO2/c1-17-10-6-11-18(2,16(21)22-4)15(17)9-8-14-13(17)7-5-12-19(14,3)20/h7,14-15H,5-6,8-12H2,1-4H3/t14-,15+,17+,18-,19+/m1/s1. The lowest BCUT2D eigenvalue weighted by Crippen LogP contribution is -2.54. The molecule has 0 aromatic carbocycles. The van der Waals surface area contributed by atoms with Gasteiger partial charge in [0.1, 0.15) is 0 Å². The monoisotopic (exact) mass is 416 g/mol. The highest BCUT2D eigenvalue weighted by Gasteiger charge is 2.59. The average Bonchev–Trinajstić information content (AvgIpc) is 2.46. The number of methoxy groups -OCH3 is 1. The summed E-state index contributed by atoms with van der Waals surface area (Å²) in [5, 5.41) is 0. The fourth-order valence-corrected chi connectivity index (χ4v) is 6.86. The third kappa shape index (κ3) is 2.29. The van der Waals surface area contributed by atoms with Crippen LogP contribution in [-0.4, -0.2) is 16.5 Å². The number of halogens is 1. The summed E-state index contributed by atoms with van der Waals surface area (Å²) in [7, 11) is 1.55. The number of fused-ring (bicyclic) bond motifs is 3. The highest BCUT2D eigenvalue weighted by Crippen LogP contribution is 2.64. The molecule has 0 amide bonds. The van der Waals surface area contributed by atoms with E-state index in [1.165, 1.54) is 32.1 Å². The highest BCUT2D eigenvalue weighted by atomic mass is 127. The van der Waals surface area contributed by atoms with Crippen molar-refractivity contribution in [3.63, 3.8) is 0 Å². The van der Waals surface area contributed by atoms with Gasteiger partial charge >= 0.3 is 5.97 Å². The fourth-order valence-electron chi connectivity index (χ4n) is 5.91. The van der Waals surface area contributed by atoms with Crippen LogP contribution in [0, 0.1) is 22.7 Å². The molecule has 0 heterocycles. The predicted molar refractivity (Wildman–Crippen MR) is 98.0 cm³/mol. The third-order valence-corrected chi connectivity index (χ3v) is 8.38. The van der Waals surface area contributed by atoms with Gasteiger partial charge in [-0.1, -0.05) is 47.6 Å². The van der Waals surface area contributed by atoms with Crippen LogP contribution in [0.3, 0.4) is 0 Å². The van der Waals surface area contributed by atoms with Gasteiger partial charge < -0.3 is 4.74 Å². The van der Waals surface area contributed by atoms with E-state index in [1.807, 2.05) is 0 Å². The molecule has 124 valence electrons. The lowest BCUT2D eigenvalue weighted by Gasteiger charge is -2.59. The summed E-state index contributed by atoms with van der Waals surface area (Å²) in [5.41, 5.74) is 1.56. The largest absolute Gasteiger partial charge is 0.469 e. The minimum Gasteiger partial charge on any atom is -0.469 e. The number of allylic oxidation sites excluding steroid dienone is 2. The molecular weight excluding hydrogens is 387 g/mol. The molecule has 0 spiro atoms. The van der Waals surface area contributed by atoms with Crippen molar-refractivity contribution in [3.8, 4) is 0 Å². The zero-order valence-electron chi connectivity index (χ0n) is 14.4. The Morgan fingerprint density at radius 1 is 1.23 bits per heavy atom. The molecule has 0 aromatic rings. The van der Waals surface area contributed by atoms with Gasteiger partial charge in [-0.25, -0.2) is 0 Å². The second kappa shape index (κ2) is 5.49. The van der Waals surface area contributed by atoms with Crippen LogP contribution in [0.4, 0.5) is 0 Å². The fraction of sp³-hybridized carbons (Fsp3) is 0.842. The second-order valence-corrected chi connectivity index (χ2v) is 10.8. The van der Waals surface area contributed by atoms with E-state index in [2.05, 4.69) is 49.4 Å². The van der Waals surface area contributed by atoms with Crippen LogP contribution < -0.4 is 0 Å². The van der Waals surface area contributed by atoms with E-state index in [4.69, 9.17) is 4.74 Å². The Balaban J connectivity index is 2.02. The summed E-state index contributed by atoms with van der Waals surface area (Å²) < 4.78 is 5.59. The van der Waals surface area contributed by atoms with E-state index in [1.54, 1.807) is 12.7 Å². The number of hydrogen-bond donors (Lipinski definition) is 0. The average molecular weight is 416 g/mol. The van der Waals surface area contributed by atoms with Gasteiger partial charge in [-0.15, -0.1) is 0 Å². The maximum atomic E-state index is 12.5. The molecule has 0 saturated heterocycles. The molecule has 22 heavy (non-hydrogen) atoms. The molecule has 0 radical (unpaired) electrons. The van der Waals surface area contributed by atoms with Crippen LogP contribution in [0.15, 0.2) is 11.6 Å².